The van der Waals surface area contributed by atoms with Crippen LogP contribution in [0.3, 0.4) is 0 Å². The number of hydrogen-bond donors (Lipinski definition) is 2. The molecule has 1 heterocycles. The Morgan fingerprint density at radius 3 is 2.74 bits per heavy atom. The van der Waals surface area contributed by atoms with Gasteiger partial charge in [0, 0.05) is 17.8 Å². The van der Waals surface area contributed by atoms with Crippen LogP contribution < -0.4 is 5.32 Å². The van der Waals surface area contributed by atoms with Crippen molar-refractivity contribution in [2.45, 2.75) is 59.0 Å². The molecule has 4 nitrogen and oxygen atoms in total. The lowest BCUT2D eigenvalue weighted by Crippen LogP contribution is -2.27. The van der Waals surface area contributed by atoms with Gasteiger partial charge in [-0.25, -0.2) is 9.97 Å². The second-order valence-electron chi connectivity index (χ2n) is 5.59. The van der Waals surface area contributed by atoms with Gasteiger partial charge in [0.2, 0.25) is 0 Å². The summed E-state index contributed by atoms with van der Waals surface area (Å²) in [5.41, 5.74) is 2.45. The van der Waals surface area contributed by atoms with E-state index in [2.05, 4.69) is 29.1 Å². The average Bonchev–Trinajstić information content (AvgIpc) is 2.43. The van der Waals surface area contributed by atoms with E-state index in [0.717, 1.165) is 30.9 Å². The van der Waals surface area contributed by atoms with Crippen molar-refractivity contribution in [3.63, 3.8) is 0 Å². The predicted octanol–water partition coefficient (Wildman–Crippen LogP) is 2.48. The summed E-state index contributed by atoms with van der Waals surface area (Å²) in [5.74, 6) is 2.07. The molecular weight excluding hydrogens is 238 g/mol. The Morgan fingerprint density at radius 2 is 2.00 bits per heavy atom. The second kappa shape index (κ2) is 6.33. The standard InChI is InChI=1S/C15H25N3O/c1-4-10(2)14(19)9-16-15-12-7-5-6-8-13(12)17-11(3)18-15/h10,14,19H,4-9H2,1-3H3,(H,16,17,18). The highest BCUT2D eigenvalue weighted by Crippen LogP contribution is 2.25. The minimum Gasteiger partial charge on any atom is -0.391 e. The van der Waals surface area contributed by atoms with Crippen LogP contribution in [0.4, 0.5) is 5.82 Å². The van der Waals surface area contributed by atoms with Gasteiger partial charge in [-0.05, 0) is 38.5 Å². The van der Waals surface area contributed by atoms with Gasteiger partial charge in [-0.3, -0.25) is 0 Å². The van der Waals surface area contributed by atoms with Gasteiger partial charge in [-0.1, -0.05) is 20.3 Å². The summed E-state index contributed by atoms with van der Waals surface area (Å²) in [4.78, 5) is 9.05. The van der Waals surface area contributed by atoms with E-state index in [1.165, 1.54) is 24.1 Å². The van der Waals surface area contributed by atoms with E-state index in [9.17, 15) is 5.11 Å². The smallest absolute Gasteiger partial charge is 0.133 e. The van der Waals surface area contributed by atoms with Crippen molar-refractivity contribution in [1.82, 2.24) is 9.97 Å². The summed E-state index contributed by atoms with van der Waals surface area (Å²) < 4.78 is 0. The van der Waals surface area contributed by atoms with E-state index >= 15 is 0 Å². The fourth-order valence-corrected chi connectivity index (χ4v) is 2.54. The molecule has 0 spiro atoms. The average molecular weight is 263 g/mol. The van der Waals surface area contributed by atoms with Crippen molar-refractivity contribution in [1.29, 1.82) is 0 Å². The minimum absolute atomic E-state index is 0.311. The third-order valence-corrected chi connectivity index (χ3v) is 4.07. The van der Waals surface area contributed by atoms with Crippen LogP contribution in [0, 0.1) is 12.8 Å². The monoisotopic (exact) mass is 263 g/mol. The van der Waals surface area contributed by atoms with Crippen LogP contribution in [-0.2, 0) is 12.8 Å². The molecular formula is C15H25N3O. The lowest BCUT2D eigenvalue weighted by Gasteiger charge is -2.22. The van der Waals surface area contributed by atoms with Gasteiger partial charge in [-0.15, -0.1) is 0 Å². The Hall–Kier alpha value is -1.16. The van der Waals surface area contributed by atoms with E-state index < -0.39 is 0 Å². The van der Waals surface area contributed by atoms with Crippen LogP contribution >= 0.6 is 0 Å². The molecule has 19 heavy (non-hydrogen) atoms. The van der Waals surface area contributed by atoms with Crippen LogP contribution in [0.2, 0.25) is 0 Å². The summed E-state index contributed by atoms with van der Waals surface area (Å²) in [6.45, 7) is 6.68. The number of aryl methyl sites for hydroxylation is 2. The predicted molar refractivity (Wildman–Crippen MR) is 77.4 cm³/mol. The molecule has 0 aliphatic heterocycles. The first-order chi connectivity index (χ1) is 9.11. The van der Waals surface area contributed by atoms with Gasteiger partial charge < -0.3 is 10.4 Å². The molecule has 4 heteroatoms. The molecule has 2 N–H and O–H groups in total. The summed E-state index contributed by atoms with van der Waals surface area (Å²) in [6, 6.07) is 0. The number of aromatic nitrogens is 2. The zero-order chi connectivity index (χ0) is 13.8. The maximum absolute atomic E-state index is 10.0. The van der Waals surface area contributed by atoms with E-state index in [1.807, 2.05) is 6.92 Å². The van der Waals surface area contributed by atoms with Gasteiger partial charge in [0.15, 0.2) is 0 Å². The van der Waals surface area contributed by atoms with Crippen molar-refractivity contribution < 1.29 is 5.11 Å². The fraction of sp³-hybridized carbons (Fsp3) is 0.733. The van der Waals surface area contributed by atoms with Crippen molar-refractivity contribution in [2.24, 2.45) is 5.92 Å². The van der Waals surface area contributed by atoms with E-state index in [-0.39, 0.29) is 6.10 Å². The topological polar surface area (TPSA) is 58.0 Å². The van der Waals surface area contributed by atoms with Crippen molar-refractivity contribution in [3.05, 3.63) is 17.1 Å². The maximum Gasteiger partial charge on any atom is 0.133 e. The molecule has 1 aromatic rings. The van der Waals surface area contributed by atoms with Crippen molar-refractivity contribution >= 4 is 5.82 Å². The van der Waals surface area contributed by atoms with Crippen LogP contribution in [0.25, 0.3) is 0 Å². The first-order valence-electron chi connectivity index (χ1n) is 7.40. The second-order valence-corrected chi connectivity index (χ2v) is 5.59. The highest BCUT2D eigenvalue weighted by Gasteiger charge is 2.18. The molecule has 0 bridgehead atoms. The van der Waals surface area contributed by atoms with Crippen LogP contribution in [0.1, 0.15) is 50.2 Å². The van der Waals surface area contributed by atoms with Gasteiger partial charge >= 0.3 is 0 Å². The maximum atomic E-state index is 10.0. The molecule has 0 radical (unpaired) electrons. The van der Waals surface area contributed by atoms with E-state index in [4.69, 9.17) is 0 Å². The molecule has 2 unspecified atom stereocenters. The Labute approximate surface area is 115 Å². The lowest BCUT2D eigenvalue weighted by molar-refractivity contribution is 0.126. The number of aliphatic hydroxyl groups is 1. The van der Waals surface area contributed by atoms with Crippen LogP contribution in [-0.4, -0.2) is 27.7 Å². The molecule has 1 aliphatic carbocycles. The van der Waals surface area contributed by atoms with Crippen LogP contribution in [0.15, 0.2) is 0 Å². The van der Waals surface area contributed by atoms with E-state index in [0.29, 0.717) is 12.5 Å². The zero-order valence-electron chi connectivity index (χ0n) is 12.2. The highest BCUT2D eigenvalue weighted by molar-refractivity contribution is 5.47. The molecule has 0 aromatic carbocycles. The summed E-state index contributed by atoms with van der Waals surface area (Å²) in [5, 5.41) is 13.4. The number of hydrogen-bond acceptors (Lipinski definition) is 4. The van der Waals surface area contributed by atoms with Gasteiger partial charge in [0.05, 0.1) is 6.10 Å². The van der Waals surface area contributed by atoms with Gasteiger partial charge in [0.1, 0.15) is 11.6 Å². The van der Waals surface area contributed by atoms with E-state index in [1.54, 1.807) is 0 Å². The summed E-state index contributed by atoms with van der Waals surface area (Å²) >= 11 is 0. The molecule has 106 valence electrons. The molecule has 1 aromatic heterocycles. The third kappa shape index (κ3) is 3.44. The number of anilines is 1. The number of fused-ring (bicyclic) bond motifs is 1. The Balaban J connectivity index is 2.09. The first kappa shape index (κ1) is 14.3. The molecule has 1 aliphatic rings. The molecule has 0 saturated carbocycles. The Morgan fingerprint density at radius 1 is 1.26 bits per heavy atom. The number of aliphatic hydroxyl groups excluding tert-OH is 1. The summed E-state index contributed by atoms with van der Waals surface area (Å²) in [7, 11) is 0. The summed E-state index contributed by atoms with van der Waals surface area (Å²) in [6.07, 6.45) is 5.21. The van der Waals surface area contributed by atoms with Crippen molar-refractivity contribution in [2.75, 3.05) is 11.9 Å². The minimum atomic E-state index is -0.320. The Kier molecular flexibility index (Phi) is 4.75. The van der Waals surface area contributed by atoms with Crippen molar-refractivity contribution in [3.8, 4) is 0 Å². The normalized spacial score (nSPS) is 17.7. The largest absolute Gasteiger partial charge is 0.391 e. The highest BCUT2D eigenvalue weighted by atomic mass is 16.3. The number of nitrogens with one attached hydrogen (secondary N) is 1. The molecule has 0 amide bonds. The quantitative estimate of drug-likeness (QED) is 0.857. The lowest BCUT2D eigenvalue weighted by atomic mass is 9.96. The van der Waals surface area contributed by atoms with Gasteiger partial charge in [-0.2, -0.15) is 0 Å². The molecule has 0 fully saturated rings. The van der Waals surface area contributed by atoms with Crippen LogP contribution in [0.5, 0.6) is 0 Å². The molecule has 0 saturated heterocycles. The number of nitrogens with zero attached hydrogens (tertiary/aromatic N) is 2. The molecule has 2 atom stereocenters. The number of rotatable bonds is 5. The Bertz CT molecular complexity index is 434. The first-order valence-corrected chi connectivity index (χ1v) is 7.40. The SMILES string of the molecule is CCC(C)C(O)CNc1nc(C)nc2c1CCCC2. The zero-order valence-corrected chi connectivity index (χ0v) is 12.2. The molecule has 2 rings (SSSR count). The fourth-order valence-electron chi connectivity index (χ4n) is 2.54. The third-order valence-electron chi connectivity index (χ3n) is 4.07. The van der Waals surface area contributed by atoms with Gasteiger partial charge in [0.25, 0.3) is 0 Å².